The van der Waals surface area contributed by atoms with E-state index in [4.69, 9.17) is 28.4 Å². The Labute approximate surface area is 534 Å². The Bertz CT molecular complexity index is 3500. The van der Waals surface area contributed by atoms with Crippen molar-refractivity contribution < 1.29 is 89.6 Å². The van der Waals surface area contributed by atoms with E-state index in [9.17, 15) is 61.2 Å². The van der Waals surface area contributed by atoms with Crippen LogP contribution in [0.15, 0.2) is 84.2 Å². The molecule has 6 atom stereocenters. The number of carbonyl (C=O) groups excluding carboxylic acids is 9. The number of ketones is 2. The second kappa shape index (κ2) is 31.2. The van der Waals surface area contributed by atoms with Gasteiger partial charge >= 0.3 is 6.09 Å². The van der Waals surface area contributed by atoms with Crippen LogP contribution >= 0.6 is 0 Å². The Balaban J connectivity index is 0.780. The normalized spacial score (nSPS) is 19.0. The number of methoxy groups -OCH3 is 1. The van der Waals surface area contributed by atoms with Crippen molar-refractivity contribution in [1.29, 1.82) is 0 Å². The number of carbonyl (C=O) groups is 9. The van der Waals surface area contributed by atoms with E-state index in [0.717, 1.165) is 20.9 Å². The molecule has 496 valence electrons. The number of ether oxygens (including phenoxy) is 6. The van der Waals surface area contributed by atoms with Crippen LogP contribution in [0.5, 0.6) is 17.2 Å². The number of fused-ring (bicyclic) bond motifs is 4. The third-order valence-electron chi connectivity index (χ3n) is 16.4. The average molecular weight is 1300 g/mol. The summed E-state index contributed by atoms with van der Waals surface area (Å²) in [6, 6.07) is 9.88. The van der Waals surface area contributed by atoms with E-state index < -0.39 is 87.3 Å². The lowest BCUT2D eigenvalue weighted by Crippen LogP contribution is -2.50. The molecule has 3 aromatic rings. The summed E-state index contributed by atoms with van der Waals surface area (Å²) in [6.45, 7) is 11.6. The maximum atomic E-state index is 14.2. The third kappa shape index (κ3) is 17.3. The molecule has 0 aromatic heterocycles. The van der Waals surface area contributed by atoms with E-state index in [1.54, 1.807) is 62.6 Å². The van der Waals surface area contributed by atoms with Crippen molar-refractivity contribution in [3.8, 4) is 17.2 Å². The van der Waals surface area contributed by atoms with Crippen LogP contribution in [0.4, 0.5) is 21.9 Å². The van der Waals surface area contributed by atoms with Crippen molar-refractivity contribution in [2.24, 2.45) is 11.8 Å². The summed E-state index contributed by atoms with van der Waals surface area (Å²) < 4.78 is 70.0. The number of Topliss-reactive ketones (excluding diaryl/α,β-unsaturated/α-hetero) is 2. The zero-order valence-corrected chi connectivity index (χ0v) is 53.5. The highest BCUT2D eigenvalue weighted by Gasteiger charge is 2.47. The average Bonchev–Trinajstić information content (AvgIpc) is 1.53. The van der Waals surface area contributed by atoms with Gasteiger partial charge in [-0.05, 0) is 108 Å². The van der Waals surface area contributed by atoms with Crippen molar-refractivity contribution in [3.63, 3.8) is 0 Å². The highest BCUT2D eigenvalue weighted by molar-refractivity contribution is 7.86. The quantitative estimate of drug-likeness (QED) is 0.0245. The zero-order valence-electron chi connectivity index (χ0n) is 52.7. The number of hydrogen-bond donors (Lipinski definition) is 5. The number of anilines is 3. The predicted octanol–water partition coefficient (Wildman–Crippen LogP) is 6.75. The smallest absolute Gasteiger partial charge is 0.416 e. The lowest BCUT2D eigenvalue weighted by molar-refractivity contribution is -0.137. The maximum Gasteiger partial charge on any atom is 0.416 e. The summed E-state index contributed by atoms with van der Waals surface area (Å²) in [6.07, 6.45) is 6.14. The van der Waals surface area contributed by atoms with Gasteiger partial charge in [-0.2, -0.15) is 8.42 Å². The number of amides is 7. The fourth-order valence-corrected chi connectivity index (χ4v) is 12.3. The molecule has 27 heteroatoms. The van der Waals surface area contributed by atoms with Crippen molar-refractivity contribution in [1.82, 2.24) is 20.0 Å². The Kier molecular flexibility index (Phi) is 23.5. The van der Waals surface area contributed by atoms with Crippen LogP contribution < -0.4 is 35.1 Å². The monoisotopic (exact) mass is 1300 g/mol. The lowest BCUT2D eigenvalue weighted by atomic mass is 9.89. The van der Waals surface area contributed by atoms with Gasteiger partial charge in [0, 0.05) is 87.1 Å². The minimum atomic E-state index is -4.61. The summed E-state index contributed by atoms with van der Waals surface area (Å²) in [4.78, 5) is 122. The highest BCUT2D eigenvalue weighted by atomic mass is 32.2. The second-order valence-electron chi connectivity index (χ2n) is 23.8. The molecule has 0 spiro atoms. The molecule has 92 heavy (non-hydrogen) atoms. The molecule has 5 heterocycles. The molecule has 3 aromatic carbocycles. The minimum Gasteiger partial charge on any atom is -0.493 e. The number of aliphatic hydroxyl groups excluding tert-OH is 1. The van der Waals surface area contributed by atoms with Crippen molar-refractivity contribution in [3.05, 3.63) is 106 Å². The van der Waals surface area contributed by atoms with Crippen molar-refractivity contribution in [2.75, 3.05) is 68.8 Å². The summed E-state index contributed by atoms with van der Waals surface area (Å²) in [5, 5.41) is 18.8. The molecule has 5 N–H and O–H groups in total. The molecule has 0 saturated carbocycles. The van der Waals surface area contributed by atoms with Crippen LogP contribution in [0.1, 0.15) is 131 Å². The van der Waals surface area contributed by atoms with Crippen LogP contribution in [0, 0.1) is 18.8 Å². The fraction of sp³-hybridized carbons (Fsp3) is 0.492. The van der Waals surface area contributed by atoms with Crippen molar-refractivity contribution in [2.45, 2.75) is 142 Å². The van der Waals surface area contributed by atoms with Gasteiger partial charge in [-0.25, -0.2) is 9.69 Å². The molecule has 6 unspecified atom stereocenters. The highest BCUT2D eigenvalue weighted by Crippen LogP contribution is 2.43. The molecule has 5 aliphatic heterocycles. The SMILES string of the molecule is COc1cc2c(cc1OCCCCCOc1cc3c(cc1C)C(=O)N1C=C(C)CC1C(S(=O)(=O)O)N3)N(C(=O)OCc1ccc(NC(=O)C(C)NC(=O)C(CC(=O)CCOCCOCCCC(=O)CCN3C(=O)C=CC3=O)C(C)C)cc1)C(O)C1CC(C)=CN1C2=O. The number of aryl methyl sites for hydroxylation is 1. The molecule has 8 rings (SSSR count). The molecule has 0 bridgehead atoms. The Morgan fingerprint density at radius 3 is 1.98 bits per heavy atom. The van der Waals surface area contributed by atoms with E-state index in [-0.39, 0.29) is 136 Å². The standard InChI is InChI=1S/C65H81N7O19S/c1-38(2)47(31-46(74)20-25-88-27-26-87-22-11-12-45(73)19-21-69-57(75)17-18-58(69)76)60(78)66-42(6)59(77)67-44-15-13-43(14-16-44)37-91-65(82)72-51-34-56(55(86-7)32-49(51)63(80)71-36-40(4)29-53(71)64(72)81)90-24-10-8-9-23-89-54-33-50-48(30-41(54)5)62(79)70-35-39(3)28-52(70)61(68-50)92(83,84)85/h13-18,30,32-36,38,42,47,52-53,61,64,68,81H,8-12,19-29,31,37H2,1-7H3,(H,66,78)(H,67,77)(H,83,84,85). The van der Waals surface area contributed by atoms with Gasteiger partial charge in [-0.1, -0.05) is 37.1 Å². The number of imide groups is 1. The maximum absolute atomic E-state index is 14.2. The van der Waals surface area contributed by atoms with E-state index >= 15 is 0 Å². The van der Waals surface area contributed by atoms with E-state index in [1.165, 1.54) is 48.1 Å². The van der Waals surface area contributed by atoms with Gasteiger partial charge in [0.1, 0.15) is 30.0 Å². The van der Waals surface area contributed by atoms with Gasteiger partial charge < -0.3 is 59.3 Å². The minimum absolute atomic E-state index is 0.0282. The number of nitrogens with zero attached hydrogens (tertiary/aromatic N) is 4. The van der Waals surface area contributed by atoms with Crippen LogP contribution in [0.2, 0.25) is 0 Å². The number of hydrogen-bond acceptors (Lipinski definition) is 19. The molecule has 0 saturated heterocycles. The van der Waals surface area contributed by atoms with Gasteiger partial charge in [0.2, 0.25) is 11.8 Å². The Morgan fingerprint density at radius 1 is 0.696 bits per heavy atom. The molecule has 0 fully saturated rings. The molecular weight excluding hydrogens is 1210 g/mol. The van der Waals surface area contributed by atoms with Crippen LogP contribution in [-0.2, 0) is 59.7 Å². The zero-order chi connectivity index (χ0) is 66.6. The Hall–Kier alpha value is -8.50. The Morgan fingerprint density at radius 2 is 1.33 bits per heavy atom. The van der Waals surface area contributed by atoms with Crippen LogP contribution in [0.3, 0.4) is 0 Å². The number of unbranched alkanes of at least 4 members (excludes halogenated alkanes) is 2. The van der Waals surface area contributed by atoms with Crippen LogP contribution in [0.25, 0.3) is 0 Å². The largest absolute Gasteiger partial charge is 0.493 e. The van der Waals surface area contributed by atoms with E-state index in [2.05, 4.69) is 16.0 Å². The first-order chi connectivity index (χ1) is 43.8. The van der Waals surface area contributed by atoms with Gasteiger partial charge in [0.05, 0.1) is 74.7 Å². The van der Waals surface area contributed by atoms with Gasteiger partial charge in [-0.15, -0.1) is 0 Å². The van der Waals surface area contributed by atoms with E-state index in [0.29, 0.717) is 54.9 Å². The topological polar surface area (TPSA) is 333 Å². The number of rotatable bonds is 32. The van der Waals surface area contributed by atoms with Gasteiger partial charge in [0.15, 0.2) is 23.1 Å². The summed E-state index contributed by atoms with van der Waals surface area (Å²) >= 11 is 0. The fourth-order valence-electron chi connectivity index (χ4n) is 11.4. The third-order valence-corrected chi connectivity index (χ3v) is 17.5. The first-order valence-corrected chi connectivity index (χ1v) is 32.2. The van der Waals surface area contributed by atoms with Gasteiger partial charge in [-0.3, -0.25) is 47.8 Å². The summed E-state index contributed by atoms with van der Waals surface area (Å²) in [5.74, 6) is -3.11. The molecule has 0 aliphatic carbocycles. The molecule has 0 radical (unpaired) electrons. The second-order valence-corrected chi connectivity index (χ2v) is 25.4. The molecule has 5 aliphatic rings. The number of benzene rings is 3. The number of aliphatic hydroxyl groups is 1. The van der Waals surface area contributed by atoms with Crippen LogP contribution in [-0.4, -0.2) is 169 Å². The summed E-state index contributed by atoms with van der Waals surface area (Å²) in [5.41, 5.74) is 3.71. The molecule has 26 nitrogen and oxygen atoms in total. The summed E-state index contributed by atoms with van der Waals surface area (Å²) in [7, 11) is -3.20. The lowest BCUT2D eigenvalue weighted by Gasteiger charge is -2.31. The first kappa shape index (κ1) is 69.4. The van der Waals surface area contributed by atoms with E-state index in [1.807, 2.05) is 20.8 Å². The van der Waals surface area contributed by atoms with Gasteiger partial charge in [0.25, 0.3) is 33.7 Å². The first-order valence-electron chi connectivity index (χ1n) is 30.7. The predicted molar refractivity (Wildman–Crippen MR) is 335 cm³/mol. The number of nitrogens with one attached hydrogen (secondary N) is 3. The molecule has 7 amide bonds. The van der Waals surface area contributed by atoms with Crippen molar-refractivity contribution >= 4 is 80.3 Å². The molecular formula is C65H81N7O19S.